The summed E-state index contributed by atoms with van der Waals surface area (Å²) >= 11 is 1.68. The molecule has 1 aromatic carbocycles. The third-order valence-corrected chi connectivity index (χ3v) is 3.60. The number of hydrogen-bond acceptors (Lipinski definition) is 5. The number of benzene rings is 1. The highest BCUT2D eigenvalue weighted by Gasteiger charge is 2.06. The van der Waals surface area contributed by atoms with E-state index >= 15 is 0 Å². The number of nitrogens with zero attached hydrogens (tertiary/aromatic N) is 2. The fraction of sp³-hybridized carbons (Fsp3) is 0.357. The Hall–Kier alpha value is -1.59. The molecule has 0 aliphatic carbocycles. The Kier molecular flexibility index (Phi) is 4.39. The van der Waals surface area contributed by atoms with Gasteiger partial charge in [-0.25, -0.2) is 4.98 Å². The molecule has 0 spiro atoms. The number of anilines is 1. The van der Waals surface area contributed by atoms with Crippen LogP contribution in [0.25, 0.3) is 0 Å². The summed E-state index contributed by atoms with van der Waals surface area (Å²) in [6.07, 6.45) is 0. The zero-order valence-corrected chi connectivity index (χ0v) is 12.3. The first-order valence-corrected chi connectivity index (χ1v) is 6.98. The lowest BCUT2D eigenvalue weighted by molar-refractivity contribution is 0.315. The number of rotatable bonds is 5. The van der Waals surface area contributed by atoms with Crippen molar-refractivity contribution in [2.24, 2.45) is 0 Å². The highest BCUT2D eigenvalue weighted by atomic mass is 32.1. The van der Waals surface area contributed by atoms with E-state index in [2.05, 4.69) is 22.3 Å². The highest BCUT2D eigenvalue weighted by molar-refractivity contribution is 7.09. The van der Waals surface area contributed by atoms with E-state index in [1.54, 1.807) is 18.4 Å². The minimum atomic E-state index is 0.729. The van der Waals surface area contributed by atoms with Crippen LogP contribution in [0.1, 0.15) is 16.3 Å². The van der Waals surface area contributed by atoms with Gasteiger partial charge in [0.05, 0.1) is 17.8 Å². The van der Waals surface area contributed by atoms with Crippen LogP contribution in [0.4, 0.5) is 5.69 Å². The molecule has 0 saturated carbocycles. The number of thiazole rings is 1. The third kappa shape index (κ3) is 3.94. The number of nitrogens with two attached hydrogens (primary N) is 1. The molecule has 0 amide bonds. The molecule has 0 unspecified atom stereocenters. The zero-order chi connectivity index (χ0) is 13.8. The summed E-state index contributed by atoms with van der Waals surface area (Å²) < 4.78 is 5.23. The van der Waals surface area contributed by atoms with Gasteiger partial charge >= 0.3 is 0 Å². The largest absolute Gasteiger partial charge is 0.497 e. The Morgan fingerprint density at radius 2 is 2.11 bits per heavy atom. The SMILES string of the molecule is COc1cc(N)cc(CN(C)Cc2csc(C)n2)c1. The van der Waals surface area contributed by atoms with Crippen LogP contribution in [-0.2, 0) is 13.1 Å². The van der Waals surface area contributed by atoms with Crippen LogP contribution < -0.4 is 10.5 Å². The molecule has 0 saturated heterocycles. The first-order valence-electron chi connectivity index (χ1n) is 6.10. The van der Waals surface area contributed by atoms with E-state index < -0.39 is 0 Å². The Morgan fingerprint density at radius 3 is 2.74 bits per heavy atom. The quantitative estimate of drug-likeness (QED) is 0.854. The number of hydrogen-bond donors (Lipinski definition) is 1. The van der Waals surface area contributed by atoms with Crippen LogP contribution in [0.15, 0.2) is 23.6 Å². The van der Waals surface area contributed by atoms with Gasteiger partial charge in [0.1, 0.15) is 5.75 Å². The van der Waals surface area contributed by atoms with E-state index in [0.717, 1.165) is 40.8 Å². The lowest BCUT2D eigenvalue weighted by Crippen LogP contribution is -2.17. The number of methoxy groups -OCH3 is 1. The average Bonchev–Trinajstić information content (AvgIpc) is 2.73. The number of ether oxygens (including phenoxy) is 1. The molecule has 5 heteroatoms. The fourth-order valence-corrected chi connectivity index (χ4v) is 2.62. The maximum atomic E-state index is 5.86. The third-order valence-electron chi connectivity index (χ3n) is 2.78. The van der Waals surface area contributed by atoms with Crippen molar-refractivity contribution in [2.75, 3.05) is 19.9 Å². The number of aromatic nitrogens is 1. The van der Waals surface area contributed by atoms with E-state index in [1.165, 1.54) is 0 Å². The van der Waals surface area contributed by atoms with E-state index in [1.807, 2.05) is 25.1 Å². The van der Waals surface area contributed by atoms with Crippen LogP contribution in [0, 0.1) is 6.92 Å². The lowest BCUT2D eigenvalue weighted by atomic mass is 10.2. The standard InChI is InChI=1S/C14H19N3OS/c1-10-16-13(9-19-10)8-17(2)7-11-4-12(15)6-14(5-11)18-3/h4-6,9H,7-8,15H2,1-3H3. The first kappa shape index (κ1) is 13.8. The Bertz CT molecular complexity index is 553. The fourth-order valence-electron chi connectivity index (χ4n) is 2.02. The minimum absolute atomic E-state index is 0.729. The molecular formula is C14H19N3OS. The number of nitrogen functional groups attached to an aromatic ring is 1. The monoisotopic (exact) mass is 277 g/mol. The first-order chi connectivity index (χ1) is 9.06. The molecule has 2 rings (SSSR count). The van der Waals surface area contributed by atoms with Gasteiger partial charge in [0.2, 0.25) is 0 Å². The van der Waals surface area contributed by atoms with Crippen molar-refractivity contribution in [3.05, 3.63) is 39.8 Å². The van der Waals surface area contributed by atoms with E-state index in [9.17, 15) is 0 Å². The van der Waals surface area contributed by atoms with Gasteiger partial charge in [-0.1, -0.05) is 0 Å². The normalized spacial score (nSPS) is 10.9. The summed E-state index contributed by atoms with van der Waals surface area (Å²) in [6, 6.07) is 5.82. The van der Waals surface area contributed by atoms with Gasteiger partial charge in [-0.2, -0.15) is 0 Å². The summed E-state index contributed by atoms with van der Waals surface area (Å²) in [4.78, 5) is 6.68. The molecular weight excluding hydrogens is 258 g/mol. The summed E-state index contributed by atoms with van der Waals surface area (Å²) in [5.41, 5.74) is 8.84. The van der Waals surface area contributed by atoms with E-state index in [-0.39, 0.29) is 0 Å². The molecule has 2 N–H and O–H groups in total. The molecule has 0 fully saturated rings. The van der Waals surface area contributed by atoms with Gasteiger partial charge in [-0.15, -0.1) is 11.3 Å². The van der Waals surface area contributed by atoms with Crippen molar-refractivity contribution in [3.8, 4) is 5.75 Å². The second kappa shape index (κ2) is 6.04. The van der Waals surface area contributed by atoms with Gasteiger partial charge < -0.3 is 10.5 Å². The van der Waals surface area contributed by atoms with Crippen LogP contribution in [-0.4, -0.2) is 24.0 Å². The van der Waals surface area contributed by atoms with Crippen LogP contribution in [0.2, 0.25) is 0 Å². The predicted molar refractivity (Wildman–Crippen MR) is 79.4 cm³/mol. The van der Waals surface area contributed by atoms with Crippen molar-refractivity contribution >= 4 is 17.0 Å². The lowest BCUT2D eigenvalue weighted by Gasteiger charge is -2.16. The van der Waals surface area contributed by atoms with Gasteiger partial charge in [0, 0.05) is 30.2 Å². The molecule has 4 nitrogen and oxygen atoms in total. The molecule has 0 aliphatic rings. The van der Waals surface area contributed by atoms with Gasteiger partial charge in [0.15, 0.2) is 0 Å². The van der Waals surface area contributed by atoms with Crippen molar-refractivity contribution in [2.45, 2.75) is 20.0 Å². The molecule has 19 heavy (non-hydrogen) atoms. The Balaban J connectivity index is 2.02. The van der Waals surface area contributed by atoms with Crippen molar-refractivity contribution < 1.29 is 4.74 Å². The molecule has 0 radical (unpaired) electrons. The molecule has 1 heterocycles. The topological polar surface area (TPSA) is 51.4 Å². The predicted octanol–water partition coefficient (Wildman–Crippen LogP) is 2.67. The summed E-state index contributed by atoms with van der Waals surface area (Å²) in [5, 5.41) is 3.21. The van der Waals surface area contributed by atoms with E-state index in [4.69, 9.17) is 10.5 Å². The summed E-state index contributed by atoms with van der Waals surface area (Å²) in [6.45, 7) is 3.68. The molecule has 102 valence electrons. The van der Waals surface area contributed by atoms with E-state index in [0.29, 0.717) is 0 Å². The van der Waals surface area contributed by atoms with Crippen LogP contribution in [0.5, 0.6) is 5.75 Å². The van der Waals surface area contributed by atoms with Gasteiger partial charge in [-0.05, 0) is 31.7 Å². The van der Waals surface area contributed by atoms with Gasteiger partial charge in [-0.3, -0.25) is 4.90 Å². The maximum absolute atomic E-state index is 5.86. The molecule has 0 bridgehead atoms. The van der Waals surface area contributed by atoms with Crippen molar-refractivity contribution in [1.29, 1.82) is 0 Å². The van der Waals surface area contributed by atoms with Crippen LogP contribution in [0.3, 0.4) is 0 Å². The smallest absolute Gasteiger partial charge is 0.121 e. The average molecular weight is 277 g/mol. The number of aryl methyl sites for hydroxylation is 1. The summed E-state index contributed by atoms with van der Waals surface area (Å²) in [7, 11) is 3.73. The van der Waals surface area contributed by atoms with Crippen LogP contribution >= 0.6 is 11.3 Å². The second-order valence-electron chi connectivity index (χ2n) is 4.64. The Morgan fingerprint density at radius 1 is 1.32 bits per heavy atom. The highest BCUT2D eigenvalue weighted by Crippen LogP contribution is 2.20. The van der Waals surface area contributed by atoms with Crippen molar-refractivity contribution in [3.63, 3.8) is 0 Å². The molecule has 0 aliphatic heterocycles. The molecule has 0 atom stereocenters. The summed E-state index contributed by atoms with van der Waals surface area (Å²) in [5.74, 6) is 0.799. The maximum Gasteiger partial charge on any atom is 0.121 e. The molecule has 1 aromatic heterocycles. The van der Waals surface area contributed by atoms with Crippen molar-refractivity contribution in [1.82, 2.24) is 9.88 Å². The minimum Gasteiger partial charge on any atom is -0.497 e. The zero-order valence-electron chi connectivity index (χ0n) is 11.5. The second-order valence-corrected chi connectivity index (χ2v) is 5.71. The van der Waals surface area contributed by atoms with Gasteiger partial charge in [0.25, 0.3) is 0 Å². The molecule has 2 aromatic rings. The Labute approximate surface area is 117 Å².